The van der Waals surface area contributed by atoms with Crippen LogP contribution in [0.25, 0.3) is 10.9 Å². The summed E-state index contributed by atoms with van der Waals surface area (Å²) in [4.78, 5) is 43.3. The van der Waals surface area contributed by atoms with E-state index in [1.807, 2.05) is 12.1 Å². The topological polar surface area (TPSA) is 107 Å². The van der Waals surface area contributed by atoms with Gasteiger partial charge in [-0.05, 0) is 68.5 Å². The number of rotatable bonds is 6. The summed E-state index contributed by atoms with van der Waals surface area (Å²) in [5, 5.41) is 4.92. The van der Waals surface area contributed by atoms with Crippen LogP contribution in [0.5, 0.6) is 5.75 Å². The van der Waals surface area contributed by atoms with E-state index in [1.54, 1.807) is 7.11 Å². The molecule has 1 aliphatic carbocycles. The number of hydrogen-bond acceptors (Lipinski definition) is 5. The highest BCUT2D eigenvalue weighted by molar-refractivity contribution is 6.08. The first-order valence-electron chi connectivity index (χ1n) is 12.3. The third-order valence-electron chi connectivity index (χ3n) is 7.71. The molecule has 0 unspecified atom stereocenters. The Balaban J connectivity index is 1.11. The molecule has 1 saturated carbocycles. The highest BCUT2D eigenvalue weighted by Gasteiger charge is 2.52. The van der Waals surface area contributed by atoms with Crippen LogP contribution < -0.4 is 15.5 Å². The first-order valence-corrected chi connectivity index (χ1v) is 12.3. The molecular weight excluding hydrogens is 434 g/mol. The Hall–Kier alpha value is -3.07. The maximum Gasteiger partial charge on any atom is 0.344 e. The molecule has 1 spiro atoms. The fraction of sp³-hybridized carbons (Fsp3) is 0.560. The van der Waals surface area contributed by atoms with E-state index in [9.17, 15) is 14.4 Å². The summed E-state index contributed by atoms with van der Waals surface area (Å²) in [6.45, 7) is 2.41. The number of amides is 4. The van der Waals surface area contributed by atoms with E-state index >= 15 is 0 Å². The number of ether oxygens (including phenoxy) is 1. The van der Waals surface area contributed by atoms with E-state index in [-0.39, 0.29) is 18.2 Å². The number of likely N-dealkylation sites (tertiary alicyclic amines) is 1. The quantitative estimate of drug-likeness (QED) is 0.566. The van der Waals surface area contributed by atoms with Crippen LogP contribution in [0.15, 0.2) is 24.4 Å². The summed E-state index contributed by atoms with van der Waals surface area (Å²) < 4.78 is 5.39. The van der Waals surface area contributed by atoms with E-state index < -0.39 is 11.6 Å². The lowest BCUT2D eigenvalue weighted by molar-refractivity contribution is -0.140. The molecule has 9 nitrogen and oxygen atoms in total. The fourth-order valence-corrected chi connectivity index (χ4v) is 5.71. The van der Waals surface area contributed by atoms with Crippen LogP contribution in [0.4, 0.5) is 4.79 Å². The van der Waals surface area contributed by atoms with Crippen molar-refractivity contribution in [3.05, 3.63) is 30.0 Å². The van der Waals surface area contributed by atoms with E-state index in [0.29, 0.717) is 25.3 Å². The Kier molecular flexibility index (Phi) is 6.20. The minimum Gasteiger partial charge on any atom is -0.497 e. The number of piperidine rings is 1. The van der Waals surface area contributed by atoms with Gasteiger partial charge in [-0.1, -0.05) is 19.3 Å². The van der Waals surface area contributed by atoms with E-state index in [2.05, 4.69) is 32.9 Å². The molecule has 2 saturated heterocycles. The molecule has 0 radical (unpaired) electrons. The number of nitrogens with zero attached hydrogens (tertiary/aromatic N) is 2. The SMILES string of the molecule is COc1ccc2[nH]cc(C3CCN(CCC(=O)NN4C(=O)NC5(CCCCC5)C4=O)CC3)c2c1. The number of aromatic amines is 1. The van der Waals surface area contributed by atoms with Gasteiger partial charge in [-0.15, -0.1) is 0 Å². The number of hydrazine groups is 1. The van der Waals surface area contributed by atoms with Crippen molar-refractivity contribution in [1.82, 2.24) is 25.6 Å². The van der Waals surface area contributed by atoms with Gasteiger partial charge in [0, 0.05) is 30.1 Å². The third-order valence-corrected chi connectivity index (χ3v) is 7.71. The van der Waals surface area contributed by atoms with E-state index in [0.717, 1.165) is 61.5 Å². The Morgan fingerprint density at radius 3 is 2.68 bits per heavy atom. The second-order valence-electron chi connectivity index (χ2n) is 9.77. The smallest absolute Gasteiger partial charge is 0.344 e. The number of nitrogens with one attached hydrogen (secondary N) is 3. The van der Waals surface area contributed by atoms with Crippen molar-refractivity contribution in [1.29, 1.82) is 0 Å². The molecule has 34 heavy (non-hydrogen) atoms. The summed E-state index contributed by atoms with van der Waals surface area (Å²) in [5.41, 5.74) is 4.16. The van der Waals surface area contributed by atoms with Crippen molar-refractivity contribution in [2.24, 2.45) is 0 Å². The number of hydrogen-bond donors (Lipinski definition) is 3. The van der Waals surface area contributed by atoms with Gasteiger partial charge >= 0.3 is 6.03 Å². The van der Waals surface area contributed by atoms with Crippen molar-refractivity contribution < 1.29 is 19.1 Å². The standard InChI is InChI=1S/C25H33N5O4/c1-34-18-5-6-21-19(15-18)20(16-26-21)17-7-12-29(13-8-17)14-9-22(31)28-30-23(32)25(27-24(30)33)10-3-2-4-11-25/h5-6,15-17,26H,2-4,7-14H2,1H3,(H,27,33)(H,28,31). The molecule has 2 aromatic rings. The highest BCUT2D eigenvalue weighted by atomic mass is 16.5. The number of benzene rings is 1. The van der Waals surface area contributed by atoms with Gasteiger partial charge in [-0.25, -0.2) is 4.79 Å². The normalized spacial score (nSPS) is 21.3. The van der Waals surface area contributed by atoms with Crippen LogP contribution in [0, 0.1) is 0 Å². The summed E-state index contributed by atoms with van der Waals surface area (Å²) in [6, 6.07) is 5.58. The summed E-state index contributed by atoms with van der Waals surface area (Å²) >= 11 is 0. The molecule has 0 bridgehead atoms. The van der Waals surface area contributed by atoms with Gasteiger partial charge in [-0.3, -0.25) is 15.0 Å². The third kappa shape index (κ3) is 4.24. The molecular formula is C25H33N5O4. The molecule has 9 heteroatoms. The maximum absolute atomic E-state index is 12.8. The average Bonchev–Trinajstić information content (AvgIpc) is 3.38. The number of methoxy groups -OCH3 is 1. The van der Waals surface area contributed by atoms with Crippen molar-refractivity contribution in [2.75, 3.05) is 26.7 Å². The molecule has 3 fully saturated rings. The van der Waals surface area contributed by atoms with Crippen LogP contribution in [0.2, 0.25) is 0 Å². The van der Waals surface area contributed by atoms with Crippen LogP contribution in [-0.2, 0) is 9.59 Å². The van der Waals surface area contributed by atoms with E-state index in [1.165, 1.54) is 10.9 Å². The summed E-state index contributed by atoms with van der Waals surface area (Å²) in [6.07, 6.45) is 8.56. The second-order valence-corrected chi connectivity index (χ2v) is 9.77. The van der Waals surface area contributed by atoms with Crippen LogP contribution in [0.1, 0.15) is 62.8 Å². The number of fused-ring (bicyclic) bond motifs is 1. The summed E-state index contributed by atoms with van der Waals surface area (Å²) in [7, 11) is 1.68. The molecule has 4 amide bonds. The first-order chi connectivity index (χ1) is 16.5. The number of carbonyl (C=O) groups excluding carboxylic acids is 3. The number of H-pyrrole nitrogens is 1. The predicted octanol–water partition coefficient (Wildman–Crippen LogP) is 3.03. The van der Waals surface area contributed by atoms with Gasteiger partial charge in [0.2, 0.25) is 5.91 Å². The lowest BCUT2D eigenvalue weighted by Gasteiger charge is -2.32. The van der Waals surface area contributed by atoms with Gasteiger partial charge in [0.25, 0.3) is 5.91 Å². The Labute approximate surface area is 199 Å². The molecule has 3 N–H and O–H groups in total. The Morgan fingerprint density at radius 1 is 1.18 bits per heavy atom. The summed E-state index contributed by atoms with van der Waals surface area (Å²) in [5.74, 6) is 0.698. The zero-order valence-corrected chi connectivity index (χ0v) is 19.7. The minimum atomic E-state index is -0.823. The van der Waals surface area contributed by atoms with Crippen LogP contribution >= 0.6 is 0 Å². The molecule has 1 aromatic heterocycles. The lowest BCUT2D eigenvalue weighted by atomic mass is 9.82. The van der Waals surface area contributed by atoms with Gasteiger partial charge in [-0.2, -0.15) is 5.01 Å². The van der Waals surface area contributed by atoms with Crippen LogP contribution in [-0.4, -0.2) is 65.0 Å². The van der Waals surface area contributed by atoms with E-state index in [4.69, 9.17) is 4.74 Å². The number of aromatic nitrogens is 1. The fourth-order valence-electron chi connectivity index (χ4n) is 5.71. The first kappa shape index (κ1) is 22.7. The maximum atomic E-state index is 12.8. The molecule has 3 aliphatic rings. The molecule has 5 rings (SSSR count). The van der Waals surface area contributed by atoms with Gasteiger partial charge in [0.1, 0.15) is 11.3 Å². The van der Waals surface area contributed by atoms with Gasteiger partial charge in [0.05, 0.1) is 7.11 Å². The van der Waals surface area contributed by atoms with Crippen molar-refractivity contribution in [3.8, 4) is 5.75 Å². The zero-order chi connectivity index (χ0) is 23.7. The zero-order valence-electron chi connectivity index (χ0n) is 19.7. The number of carbonyl (C=O) groups is 3. The predicted molar refractivity (Wildman–Crippen MR) is 127 cm³/mol. The number of urea groups is 1. The molecule has 0 atom stereocenters. The Morgan fingerprint density at radius 2 is 1.94 bits per heavy atom. The van der Waals surface area contributed by atoms with Gasteiger partial charge in [0.15, 0.2) is 0 Å². The van der Waals surface area contributed by atoms with Crippen LogP contribution in [0.3, 0.4) is 0 Å². The Bertz CT molecular complexity index is 1080. The van der Waals surface area contributed by atoms with Gasteiger partial charge < -0.3 is 19.9 Å². The molecule has 182 valence electrons. The molecule has 2 aliphatic heterocycles. The lowest BCUT2D eigenvalue weighted by Crippen LogP contribution is -2.51. The largest absolute Gasteiger partial charge is 0.497 e. The minimum absolute atomic E-state index is 0.249. The van der Waals surface area contributed by atoms with Crippen molar-refractivity contribution in [2.45, 2.75) is 62.8 Å². The van der Waals surface area contributed by atoms with Crippen molar-refractivity contribution in [3.63, 3.8) is 0 Å². The monoisotopic (exact) mass is 467 g/mol. The number of imide groups is 1. The molecule has 1 aromatic carbocycles. The van der Waals surface area contributed by atoms with Crippen molar-refractivity contribution >= 4 is 28.7 Å². The molecule has 3 heterocycles. The average molecular weight is 468 g/mol. The second kappa shape index (κ2) is 9.29. The highest BCUT2D eigenvalue weighted by Crippen LogP contribution is 2.35.